The van der Waals surface area contributed by atoms with Crippen LogP contribution < -0.4 is 10.6 Å². The maximum atomic E-state index is 12.7. The summed E-state index contributed by atoms with van der Waals surface area (Å²) in [4.78, 5) is 10.8. The van der Waals surface area contributed by atoms with Crippen molar-refractivity contribution >= 4 is 11.6 Å². The molecule has 1 atom stereocenters. The Kier molecular flexibility index (Phi) is 3.53. The second-order valence-corrected chi connectivity index (χ2v) is 4.78. The first-order chi connectivity index (χ1) is 8.77. The molecule has 19 heavy (non-hydrogen) atoms. The first-order valence-electron chi connectivity index (χ1n) is 5.94. The molecule has 1 aromatic rings. The van der Waals surface area contributed by atoms with Gasteiger partial charge in [0, 0.05) is 31.7 Å². The van der Waals surface area contributed by atoms with Gasteiger partial charge in [-0.05, 0) is 14.0 Å². The summed E-state index contributed by atoms with van der Waals surface area (Å²) in [5, 5.41) is 0. The number of aromatic nitrogens is 2. The molecule has 0 aromatic carbocycles. The van der Waals surface area contributed by atoms with E-state index in [1.54, 1.807) is 0 Å². The van der Waals surface area contributed by atoms with Gasteiger partial charge in [-0.2, -0.15) is 13.2 Å². The molecule has 1 aliphatic rings. The molecule has 5 nitrogen and oxygen atoms in total. The molecule has 1 saturated heterocycles. The Labute approximate surface area is 109 Å². The molecule has 2 heterocycles. The molecule has 2 rings (SSSR count). The Balaban J connectivity index is 2.32. The third-order valence-electron chi connectivity index (χ3n) is 3.11. The van der Waals surface area contributed by atoms with Crippen molar-refractivity contribution < 1.29 is 13.2 Å². The number of hydrogen-bond acceptors (Lipinski definition) is 5. The topological polar surface area (TPSA) is 58.3 Å². The zero-order valence-corrected chi connectivity index (χ0v) is 10.8. The predicted molar refractivity (Wildman–Crippen MR) is 65.8 cm³/mol. The largest absolute Gasteiger partial charge is 0.451 e. The van der Waals surface area contributed by atoms with Crippen molar-refractivity contribution in [2.45, 2.75) is 19.1 Å². The van der Waals surface area contributed by atoms with E-state index in [-0.39, 0.29) is 17.7 Å². The zero-order valence-electron chi connectivity index (χ0n) is 10.8. The fourth-order valence-electron chi connectivity index (χ4n) is 2.21. The van der Waals surface area contributed by atoms with E-state index in [0.29, 0.717) is 6.54 Å². The SMILES string of the molecule is CC1CN(C)CCN1c1cc(N)nc(C(F)(F)F)n1. The Morgan fingerprint density at radius 3 is 2.58 bits per heavy atom. The van der Waals surface area contributed by atoms with Gasteiger partial charge in [-0.3, -0.25) is 0 Å². The number of hydrogen-bond donors (Lipinski definition) is 1. The van der Waals surface area contributed by atoms with E-state index in [1.165, 1.54) is 6.07 Å². The van der Waals surface area contributed by atoms with Crippen LogP contribution in [-0.4, -0.2) is 47.6 Å². The van der Waals surface area contributed by atoms with Crippen molar-refractivity contribution in [1.29, 1.82) is 0 Å². The van der Waals surface area contributed by atoms with E-state index >= 15 is 0 Å². The number of likely N-dealkylation sites (N-methyl/N-ethyl adjacent to an activating group) is 1. The number of nitrogen functional groups attached to an aromatic ring is 1. The Hall–Kier alpha value is -1.57. The Bertz CT molecular complexity index is 462. The van der Waals surface area contributed by atoms with Crippen LogP contribution in [0.25, 0.3) is 0 Å². The maximum absolute atomic E-state index is 12.7. The highest BCUT2D eigenvalue weighted by atomic mass is 19.4. The quantitative estimate of drug-likeness (QED) is 0.835. The highest BCUT2D eigenvalue weighted by Gasteiger charge is 2.36. The Morgan fingerprint density at radius 2 is 2.00 bits per heavy atom. The number of piperazine rings is 1. The molecule has 2 N–H and O–H groups in total. The van der Waals surface area contributed by atoms with Crippen LogP contribution in [0, 0.1) is 0 Å². The number of nitrogens with two attached hydrogens (primary N) is 1. The molecule has 0 aliphatic carbocycles. The summed E-state index contributed by atoms with van der Waals surface area (Å²) >= 11 is 0. The summed E-state index contributed by atoms with van der Waals surface area (Å²) < 4.78 is 38.0. The van der Waals surface area contributed by atoms with Crippen molar-refractivity contribution in [3.05, 3.63) is 11.9 Å². The van der Waals surface area contributed by atoms with Crippen LogP contribution in [0.15, 0.2) is 6.07 Å². The molecule has 0 bridgehead atoms. The van der Waals surface area contributed by atoms with Crippen LogP contribution in [0.3, 0.4) is 0 Å². The number of anilines is 2. The summed E-state index contributed by atoms with van der Waals surface area (Å²) in [6.07, 6.45) is -4.58. The van der Waals surface area contributed by atoms with Crippen LogP contribution >= 0.6 is 0 Å². The van der Waals surface area contributed by atoms with Gasteiger partial charge in [-0.1, -0.05) is 0 Å². The molecular formula is C11H16F3N5. The lowest BCUT2D eigenvalue weighted by Gasteiger charge is -2.39. The van der Waals surface area contributed by atoms with E-state index in [1.807, 2.05) is 18.9 Å². The average molecular weight is 275 g/mol. The van der Waals surface area contributed by atoms with E-state index in [0.717, 1.165) is 13.1 Å². The summed E-state index contributed by atoms with van der Waals surface area (Å²) in [7, 11) is 1.98. The van der Waals surface area contributed by atoms with Crippen molar-refractivity contribution in [3.63, 3.8) is 0 Å². The van der Waals surface area contributed by atoms with Gasteiger partial charge in [0.2, 0.25) is 5.82 Å². The van der Waals surface area contributed by atoms with E-state index in [2.05, 4.69) is 14.9 Å². The lowest BCUT2D eigenvalue weighted by Crippen LogP contribution is -2.51. The van der Waals surface area contributed by atoms with Crippen molar-refractivity contribution in [1.82, 2.24) is 14.9 Å². The fourth-order valence-corrected chi connectivity index (χ4v) is 2.21. The van der Waals surface area contributed by atoms with Gasteiger partial charge in [0.15, 0.2) is 0 Å². The van der Waals surface area contributed by atoms with Gasteiger partial charge >= 0.3 is 6.18 Å². The van der Waals surface area contributed by atoms with Gasteiger partial charge in [0.1, 0.15) is 11.6 Å². The molecule has 1 aliphatic heterocycles. The normalized spacial score (nSPS) is 21.7. The van der Waals surface area contributed by atoms with Crippen LogP contribution in [0.4, 0.5) is 24.8 Å². The Morgan fingerprint density at radius 1 is 1.32 bits per heavy atom. The van der Waals surface area contributed by atoms with E-state index in [4.69, 9.17) is 5.73 Å². The summed E-state index contributed by atoms with van der Waals surface area (Å²) in [6, 6.07) is 1.46. The van der Waals surface area contributed by atoms with Gasteiger partial charge in [0.05, 0.1) is 0 Å². The highest BCUT2D eigenvalue weighted by molar-refractivity contribution is 5.48. The van der Waals surface area contributed by atoms with Crippen LogP contribution in [-0.2, 0) is 6.18 Å². The monoisotopic (exact) mass is 275 g/mol. The third-order valence-corrected chi connectivity index (χ3v) is 3.11. The predicted octanol–water partition coefficient (Wildman–Crippen LogP) is 1.22. The van der Waals surface area contributed by atoms with Gasteiger partial charge < -0.3 is 15.5 Å². The third kappa shape index (κ3) is 3.06. The lowest BCUT2D eigenvalue weighted by atomic mass is 10.2. The standard InChI is InChI=1S/C11H16F3N5/c1-7-6-18(2)3-4-19(7)9-5-8(15)16-10(17-9)11(12,13)14/h5,7H,3-4,6H2,1-2H3,(H2,15,16,17). The molecule has 106 valence electrons. The molecule has 1 fully saturated rings. The molecule has 8 heteroatoms. The highest BCUT2D eigenvalue weighted by Crippen LogP contribution is 2.29. The number of rotatable bonds is 1. The summed E-state index contributed by atoms with van der Waals surface area (Å²) in [5.41, 5.74) is 5.45. The minimum Gasteiger partial charge on any atom is -0.384 e. The molecule has 0 saturated carbocycles. The number of alkyl halides is 3. The molecule has 0 amide bonds. The van der Waals surface area contributed by atoms with E-state index in [9.17, 15) is 13.2 Å². The average Bonchev–Trinajstić information content (AvgIpc) is 2.26. The maximum Gasteiger partial charge on any atom is 0.451 e. The van der Waals surface area contributed by atoms with Gasteiger partial charge in [-0.15, -0.1) is 0 Å². The number of halogens is 3. The molecule has 1 aromatic heterocycles. The molecular weight excluding hydrogens is 259 g/mol. The number of nitrogens with zero attached hydrogens (tertiary/aromatic N) is 4. The van der Waals surface area contributed by atoms with Crippen molar-refractivity contribution in [2.75, 3.05) is 37.3 Å². The fraction of sp³-hybridized carbons (Fsp3) is 0.636. The minimum absolute atomic E-state index is 0.0779. The zero-order chi connectivity index (χ0) is 14.2. The van der Waals surface area contributed by atoms with Crippen molar-refractivity contribution in [3.8, 4) is 0 Å². The molecule has 0 spiro atoms. The van der Waals surface area contributed by atoms with Gasteiger partial charge in [-0.25, -0.2) is 9.97 Å². The van der Waals surface area contributed by atoms with Crippen LogP contribution in [0.2, 0.25) is 0 Å². The second-order valence-electron chi connectivity index (χ2n) is 4.78. The van der Waals surface area contributed by atoms with Crippen molar-refractivity contribution in [2.24, 2.45) is 0 Å². The molecule has 1 unspecified atom stereocenters. The van der Waals surface area contributed by atoms with Crippen LogP contribution in [0.5, 0.6) is 0 Å². The van der Waals surface area contributed by atoms with Crippen LogP contribution in [0.1, 0.15) is 12.7 Å². The van der Waals surface area contributed by atoms with Gasteiger partial charge in [0.25, 0.3) is 0 Å². The lowest BCUT2D eigenvalue weighted by molar-refractivity contribution is -0.144. The smallest absolute Gasteiger partial charge is 0.384 e. The van der Waals surface area contributed by atoms with E-state index < -0.39 is 12.0 Å². The first-order valence-corrected chi connectivity index (χ1v) is 5.94. The second kappa shape index (κ2) is 4.84. The summed E-state index contributed by atoms with van der Waals surface area (Å²) in [5.74, 6) is -1.11. The first kappa shape index (κ1) is 13.9. The molecule has 0 radical (unpaired) electrons. The summed E-state index contributed by atoms with van der Waals surface area (Å²) in [6.45, 7) is 4.10. The minimum atomic E-state index is -4.58.